The Labute approximate surface area is 152 Å². The predicted octanol–water partition coefficient (Wildman–Crippen LogP) is 3.25. The molecule has 142 valence electrons. The first-order valence-corrected chi connectivity index (χ1v) is 9.48. The van der Waals surface area contributed by atoms with Gasteiger partial charge in [-0.25, -0.2) is 0 Å². The third-order valence-corrected chi connectivity index (χ3v) is 5.68. The van der Waals surface area contributed by atoms with E-state index in [-0.39, 0.29) is 11.7 Å². The minimum absolute atomic E-state index is 0.0563. The van der Waals surface area contributed by atoms with Crippen molar-refractivity contribution in [1.82, 2.24) is 9.62 Å². The molecule has 1 saturated heterocycles. The number of ether oxygens (including phenoxy) is 1. The molecule has 2 aliphatic rings. The molecular formula is C17H20F3N2O3S+. The lowest BCUT2D eigenvalue weighted by molar-refractivity contribution is -0.274. The van der Waals surface area contributed by atoms with E-state index in [1.807, 2.05) is 4.31 Å². The van der Waals surface area contributed by atoms with Crippen LogP contribution in [0.1, 0.15) is 25.7 Å². The number of carbonyl (C=O) groups is 1. The lowest BCUT2D eigenvalue weighted by Gasteiger charge is -2.23. The van der Waals surface area contributed by atoms with Gasteiger partial charge >= 0.3 is 6.36 Å². The molecule has 2 N–H and O–H groups in total. The number of carbonyl (C=O) groups excluding carboxylic acids is 1. The van der Waals surface area contributed by atoms with Crippen LogP contribution in [0.4, 0.5) is 13.2 Å². The summed E-state index contributed by atoms with van der Waals surface area (Å²) >= 11 is -1.21. The topological polar surface area (TPSA) is 61.8 Å². The average Bonchev–Trinajstić information content (AvgIpc) is 3.38. The third kappa shape index (κ3) is 5.65. The van der Waals surface area contributed by atoms with Crippen LogP contribution in [0, 0.1) is 0 Å². The van der Waals surface area contributed by atoms with Crippen LogP contribution in [0.2, 0.25) is 0 Å². The number of halogens is 3. The fraction of sp³-hybridized carbons (Fsp3) is 0.471. The molecule has 1 aromatic rings. The van der Waals surface area contributed by atoms with Crippen molar-refractivity contribution < 1.29 is 27.3 Å². The van der Waals surface area contributed by atoms with Crippen molar-refractivity contribution in [3.63, 3.8) is 0 Å². The number of rotatable bonds is 5. The van der Waals surface area contributed by atoms with Gasteiger partial charge in [-0.1, -0.05) is 9.88 Å². The van der Waals surface area contributed by atoms with Crippen LogP contribution in [0.15, 0.2) is 40.8 Å². The molecule has 26 heavy (non-hydrogen) atoms. The Hall–Kier alpha value is -1.71. The zero-order valence-corrected chi connectivity index (χ0v) is 14.8. The van der Waals surface area contributed by atoms with Crippen LogP contribution < -0.4 is 10.1 Å². The minimum atomic E-state index is -4.73. The number of alkyl halides is 3. The Morgan fingerprint density at radius 3 is 2.38 bits per heavy atom. The highest BCUT2D eigenvalue weighted by Gasteiger charge is 2.34. The molecule has 0 aromatic heterocycles. The molecule has 5 nitrogen and oxygen atoms in total. The normalized spacial score (nSPS) is 19.8. The van der Waals surface area contributed by atoms with Crippen LogP contribution in [-0.2, 0) is 16.2 Å². The summed E-state index contributed by atoms with van der Waals surface area (Å²) in [6.45, 7) is 1.17. The van der Waals surface area contributed by atoms with Crippen molar-refractivity contribution >= 4 is 17.3 Å². The highest BCUT2D eigenvalue weighted by Crippen LogP contribution is 2.27. The summed E-state index contributed by atoms with van der Waals surface area (Å²) in [4.78, 5) is 12.3. The molecular weight excluding hydrogens is 369 g/mol. The van der Waals surface area contributed by atoms with Gasteiger partial charge < -0.3 is 10.1 Å². The summed E-state index contributed by atoms with van der Waals surface area (Å²) in [5.74, 6) is -0.372. The van der Waals surface area contributed by atoms with E-state index in [4.69, 9.17) is 0 Å². The highest BCUT2D eigenvalue weighted by atomic mass is 32.2. The van der Waals surface area contributed by atoms with Gasteiger partial charge in [-0.2, -0.15) is 4.55 Å². The summed E-state index contributed by atoms with van der Waals surface area (Å²) in [6, 6.07) is 5.57. The second-order valence-electron chi connectivity index (χ2n) is 6.30. The molecule has 2 fully saturated rings. The Balaban J connectivity index is 1.52. The molecule has 0 radical (unpaired) electrons. The summed E-state index contributed by atoms with van der Waals surface area (Å²) < 4.78 is 52.7. The van der Waals surface area contributed by atoms with Gasteiger partial charge in [0.25, 0.3) is 11.4 Å². The molecule has 3 rings (SSSR count). The maximum atomic E-state index is 12.2. The molecule has 1 aliphatic heterocycles. The standard InChI is InChI=1S/C17H19F3N2O3S/c18-17(19,20)25-14-3-5-15(6-4-14)26(24)22-9-7-12(8-10-22)11-16(23)21-13-1-2-13/h3-6,11,13,24H,1-2,7-10H2/p+1. The third-order valence-electron chi connectivity index (χ3n) is 4.14. The zero-order valence-electron chi connectivity index (χ0n) is 14.0. The van der Waals surface area contributed by atoms with E-state index in [0.29, 0.717) is 36.9 Å². The van der Waals surface area contributed by atoms with Crippen molar-refractivity contribution in [1.29, 1.82) is 0 Å². The van der Waals surface area contributed by atoms with E-state index in [1.54, 1.807) is 6.08 Å². The number of piperidine rings is 1. The van der Waals surface area contributed by atoms with Gasteiger partial charge in [0.1, 0.15) is 5.75 Å². The van der Waals surface area contributed by atoms with E-state index in [9.17, 15) is 22.5 Å². The van der Waals surface area contributed by atoms with Crippen molar-refractivity contribution in [2.45, 2.75) is 43.0 Å². The first-order chi connectivity index (χ1) is 12.3. The number of nitrogens with zero attached hydrogens (tertiary/aromatic N) is 1. The number of hydrogen-bond donors (Lipinski definition) is 2. The fourth-order valence-corrected chi connectivity index (χ4v) is 3.86. The van der Waals surface area contributed by atoms with E-state index in [2.05, 4.69) is 10.1 Å². The van der Waals surface area contributed by atoms with Gasteiger partial charge in [-0.15, -0.1) is 13.2 Å². The fourth-order valence-electron chi connectivity index (χ4n) is 2.66. The van der Waals surface area contributed by atoms with Gasteiger partial charge in [0.2, 0.25) is 10.8 Å². The SMILES string of the molecule is O=C(C=C1CCN([S+](O)c2ccc(OC(F)(F)F)cc2)CC1)NC1CC1. The van der Waals surface area contributed by atoms with Crippen LogP contribution in [0.5, 0.6) is 5.75 Å². The second kappa shape index (κ2) is 7.89. The maximum Gasteiger partial charge on any atom is 0.573 e. The Bertz CT molecular complexity index is 665. The minimum Gasteiger partial charge on any atom is -0.406 e. The molecule has 1 aromatic carbocycles. The second-order valence-corrected chi connectivity index (χ2v) is 7.81. The number of hydrogen-bond acceptors (Lipinski definition) is 4. The number of nitrogens with one attached hydrogen (secondary N) is 1. The summed E-state index contributed by atoms with van der Waals surface area (Å²) in [6.07, 6.45) is 0.360. The van der Waals surface area contributed by atoms with Crippen molar-refractivity contribution in [3.8, 4) is 5.75 Å². The summed E-state index contributed by atoms with van der Waals surface area (Å²) in [5.41, 5.74) is 1.05. The lowest BCUT2D eigenvalue weighted by Crippen LogP contribution is -2.36. The average molecular weight is 389 g/mol. The molecule has 0 spiro atoms. The Kier molecular flexibility index (Phi) is 5.79. The zero-order chi connectivity index (χ0) is 18.7. The maximum absolute atomic E-state index is 12.2. The quantitative estimate of drug-likeness (QED) is 0.600. The molecule has 1 unspecified atom stereocenters. The monoisotopic (exact) mass is 389 g/mol. The first kappa shape index (κ1) is 19.1. The first-order valence-electron chi connectivity index (χ1n) is 8.34. The Morgan fingerprint density at radius 2 is 1.85 bits per heavy atom. The molecule has 9 heteroatoms. The molecule has 0 bridgehead atoms. The van der Waals surface area contributed by atoms with E-state index in [0.717, 1.165) is 18.4 Å². The van der Waals surface area contributed by atoms with Gasteiger partial charge in [0.05, 0.1) is 13.1 Å². The molecule has 1 atom stereocenters. The number of amides is 1. The van der Waals surface area contributed by atoms with Crippen molar-refractivity contribution in [3.05, 3.63) is 35.9 Å². The van der Waals surface area contributed by atoms with Crippen molar-refractivity contribution in [2.75, 3.05) is 13.1 Å². The van der Waals surface area contributed by atoms with Crippen LogP contribution >= 0.6 is 0 Å². The summed E-state index contributed by atoms with van der Waals surface area (Å²) in [5, 5.41) is 2.91. The van der Waals surface area contributed by atoms with E-state index >= 15 is 0 Å². The van der Waals surface area contributed by atoms with Crippen molar-refractivity contribution in [2.24, 2.45) is 0 Å². The van der Waals surface area contributed by atoms with Gasteiger partial charge in [0, 0.05) is 24.3 Å². The smallest absolute Gasteiger partial charge is 0.406 e. The van der Waals surface area contributed by atoms with Crippen LogP contribution in [0.25, 0.3) is 0 Å². The van der Waals surface area contributed by atoms with Gasteiger partial charge in [-0.3, -0.25) is 4.79 Å². The predicted molar refractivity (Wildman–Crippen MR) is 91.4 cm³/mol. The Morgan fingerprint density at radius 1 is 1.23 bits per heavy atom. The highest BCUT2D eigenvalue weighted by molar-refractivity contribution is 7.89. The molecule has 1 saturated carbocycles. The molecule has 1 heterocycles. The van der Waals surface area contributed by atoms with E-state index in [1.165, 1.54) is 24.3 Å². The van der Waals surface area contributed by atoms with Gasteiger partial charge in [0.15, 0.2) is 0 Å². The molecule has 1 amide bonds. The van der Waals surface area contributed by atoms with Crippen LogP contribution in [-0.4, -0.2) is 40.3 Å². The number of benzene rings is 1. The summed E-state index contributed by atoms with van der Waals surface area (Å²) in [7, 11) is 0. The van der Waals surface area contributed by atoms with Crippen LogP contribution in [0.3, 0.4) is 0 Å². The van der Waals surface area contributed by atoms with Gasteiger partial charge in [-0.05, 0) is 37.8 Å². The lowest BCUT2D eigenvalue weighted by atomic mass is 10.1. The largest absolute Gasteiger partial charge is 0.573 e. The molecule has 1 aliphatic carbocycles. The van der Waals surface area contributed by atoms with E-state index < -0.39 is 17.7 Å².